The van der Waals surface area contributed by atoms with E-state index in [0.717, 1.165) is 17.8 Å². The predicted octanol–water partition coefficient (Wildman–Crippen LogP) is 2.16. The maximum Gasteiger partial charge on any atom is 0.250 e. The van der Waals surface area contributed by atoms with Crippen molar-refractivity contribution >= 4 is 11.6 Å². The van der Waals surface area contributed by atoms with Gasteiger partial charge in [0.25, 0.3) is 0 Å². The molecule has 0 aliphatic rings. The first-order chi connectivity index (χ1) is 8.42. The lowest BCUT2D eigenvalue weighted by molar-refractivity contribution is -0.125. The highest BCUT2D eigenvalue weighted by molar-refractivity contribution is 5.92. The standard InChI is InChI=1S/C14H22N2O2/c1-14(2,3)18-10-13(17)16-12-8-6-5-7-11(12)9-15-4/h5-8,15H,9-10H2,1-4H3,(H,16,17). The molecule has 0 saturated carbocycles. The van der Waals surface area contributed by atoms with Gasteiger partial charge in [0.15, 0.2) is 0 Å². The Morgan fingerprint density at radius 1 is 1.28 bits per heavy atom. The van der Waals surface area contributed by atoms with E-state index in [2.05, 4.69) is 10.6 Å². The third-order valence-electron chi connectivity index (χ3n) is 2.29. The third kappa shape index (κ3) is 5.29. The number of para-hydroxylation sites is 1. The summed E-state index contributed by atoms with van der Waals surface area (Å²) in [5.74, 6) is -0.131. The van der Waals surface area contributed by atoms with Gasteiger partial charge in [0, 0.05) is 12.2 Å². The Bertz CT molecular complexity index is 397. The summed E-state index contributed by atoms with van der Waals surface area (Å²) in [5.41, 5.74) is 1.58. The van der Waals surface area contributed by atoms with Gasteiger partial charge in [-0.15, -0.1) is 0 Å². The molecular formula is C14H22N2O2. The van der Waals surface area contributed by atoms with Crippen molar-refractivity contribution in [2.75, 3.05) is 19.0 Å². The van der Waals surface area contributed by atoms with Crippen LogP contribution in [0.4, 0.5) is 5.69 Å². The summed E-state index contributed by atoms with van der Waals surface area (Å²) in [6.07, 6.45) is 0. The van der Waals surface area contributed by atoms with E-state index in [1.54, 1.807) is 0 Å². The molecule has 0 saturated heterocycles. The van der Waals surface area contributed by atoms with E-state index >= 15 is 0 Å². The zero-order chi connectivity index (χ0) is 13.6. The lowest BCUT2D eigenvalue weighted by atomic mass is 10.1. The third-order valence-corrected chi connectivity index (χ3v) is 2.29. The molecule has 0 aliphatic carbocycles. The fourth-order valence-corrected chi connectivity index (χ4v) is 1.46. The SMILES string of the molecule is CNCc1ccccc1NC(=O)COC(C)(C)C. The number of nitrogens with one attached hydrogen (secondary N) is 2. The molecule has 2 N–H and O–H groups in total. The summed E-state index contributed by atoms with van der Waals surface area (Å²) in [6, 6.07) is 7.73. The van der Waals surface area contributed by atoms with Crippen LogP contribution >= 0.6 is 0 Å². The van der Waals surface area contributed by atoms with Crippen LogP contribution in [0.15, 0.2) is 24.3 Å². The molecule has 0 bridgehead atoms. The Balaban J connectivity index is 2.59. The topological polar surface area (TPSA) is 50.4 Å². The number of hydrogen-bond acceptors (Lipinski definition) is 3. The molecule has 0 unspecified atom stereocenters. The van der Waals surface area contributed by atoms with Crippen molar-refractivity contribution < 1.29 is 9.53 Å². The van der Waals surface area contributed by atoms with E-state index in [1.807, 2.05) is 52.1 Å². The maximum absolute atomic E-state index is 11.8. The molecule has 0 aromatic heterocycles. The predicted molar refractivity (Wildman–Crippen MR) is 73.5 cm³/mol. The molecule has 0 heterocycles. The smallest absolute Gasteiger partial charge is 0.250 e. The van der Waals surface area contributed by atoms with Crippen molar-refractivity contribution in [2.45, 2.75) is 32.9 Å². The van der Waals surface area contributed by atoms with E-state index in [9.17, 15) is 4.79 Å². The molecule has 1 amide bonds. The van der Waals surface area contributed by atoms with Gasteiger partial charge in [-0.3, -0.25) is 4.79 Å². The van der Waals surface area contributed by atoms with Crippen LogP contribution in [0.25, 0.3) is 0 Å². The number of anilines is 1. The van der Waals surface area contributed by atoms with Crippen LogP contribution in [0, 0.1) is 0 Å². The number of rotatable bonds is 5. The second-order valence-electron chi connectivity index (χ2n) is 5.14. The monoisotopic (exact) mass is 250 g/mol. The van der Waals surface area contributed by atoms with Gasteiger partial charge in [-0.05, 0) is 39.4 Å². The van der Waals surface area contributed by atoms with E-state index < -0.39 is 0 Å². The first-order valence-corrected chi connectivity index (χ1v) is 6.08. The molecule has 1 rings (SSSR count). The molecular weight excluding hydrogens is 228 g/mol. The first kappa shape index (κ1) is 14.7. The van der Waals surface area contributed by atoms with Crippen molar-refractivity contribution in [2.24, 2.45) is 0 Å². The van der Waals surface area contributed by atoms with Gasteiger partial charge in [0.05, 0.1) is 5.60 Å². The highest BCUT2D eigenvalue weighted by atomic mass is 16.5. The van der Waals surface area contributed by atoms with Gasteiger partial charge in [-0.2, -0.15) is 0 Å². The zero-order valence-electron chi connectivity index (χ0n) is 11.5. The van der Waals surface area contributed by atoms with Crippen LogP contribution in [-0.4, -0.2) is 25.2 Å². The fourth-order valence-electron chi connectivity index (χ4n) is 1.46. The van der Waals surface area contributed by atoms with Crippen molar-refractivity contribution in [3.8, 4) is 0 Å². The normalized spacial score (nSPS) is 11.3. The lowest BCUT2D eigenvalue weighted by Gasteiger charge is -2.19. The van der Waals surface area contributed by atoms with Crippen molar-refractivity contribution in [3.63, 3.8) is 0 Å². The van der Waals surface area contributed by atoms with Crippen LogP contribution in [-0.2, 0) is 16.1 Å². The second-order valence-corrected chi connectivity index (χ2v) is 5.14. The van der Waals surface area contributed by atoms with E-state index in [1.165, 1.54) is 0 Å². The largest absolute Gasteiger partial charge is 0.366 e. The molecule has 1 aromatic carbocycles. The minimum Gasteiger partial charge on any atom is -0.366 e. The Morgan fingerprint density at radius 2 is 1.94 bits per heavy atom. The zero-order valence-corrected chi connectivity index (χ0v) is 11.5. The molecule has 0 fully saturated rings. The van der Waals surface area contributed by atoms with Gasteiger partial charge in [0.2, 0.25) is 5.91 Å². The quantitative estimate of drug-likeness (QED) is 0.842. The number of hydrogen-bond donors (Lipinski definition) is 2. The van der Waals surface area contributed by atoms with Crippen LogP contribution in [0.1, 0.15) is 26.3 Å². The van der Waals surface area contributed by atoms with Crippen LogP contribution in [0.3, 0.4) is 0 Å². The molecule has 18 heavy (non-hydrogen) atoms. The lowest BCUT2D eigenvalue weighted by Crippen LogP contribution is -2.27. The Labute approximate surface area is 109 Å². The van der Waals surface area contributed by atoms with E-state index in [-0.39, 0.29) is 18.1 Å². The average molecular weight is 250 g/mol. The first-order valence-electron chi connectivity index (χ1n) is 6.08. The Kier molecular flexibility index (Phi) is 5.31. The summed E-state index contributed by atoms with van der Waals surface area (Å²) < 4.78 is 5.44. The number of carbonyl (C=O) groups is 1. The van der Waals surface area contributed by atoms with Crippen LogP contribution in [0.5, 0.6) is 0 Å². The molecule has 4 nitrogen and oxygen atoms in total. The average Bonchev–Trinajstić information content (AvgIpc) is 2.29. The highest BCUT2D eigenvalue weighted by Crippen LogP contribution is 2.15. The van der Waals surface area contributed by atoms with Crippen LogP contribution < -0.4 is 10.6 Å². The van der Waals surface area contributed by atoms with Crippen LogP contribution in [0.2, 0.25) is 0 Å². The molecule has 100 valence electrons. The number of carbonyl (C=O) groups excluding carboxylic acids is 1. The number of amides is 1. The van der Waals surface area contributed by atoms with E-state index in [4.69, 9.17) is 4.74 Å². The molecule has 0 atom stereocenters. The summed E-state index contributed by atoms with van der Waals surface area (Å²) in [4.78, 5) is 11.8. The summed E-state index contributed by atoms with van der Waals surface area (Å²) >= 11 is 0. The van der Waals surface area contributed by atoms with Gasteiger partial charge in [-0.1, -0.05) is 18.2 Å². The Hall–Kier alpha value is -1.39. The summed E-state index contributed by atoms with van der Waals surface area (Å²) in [7, 11) is 1.88. The maximum atomic E-state index is 11.8. The molecule has 0 spiro atoms. The minimum atomic E-state index is -0.304. The van der Waals surface area contributed by atoms with Crippen molar-refractivity contribution in [1.82, 2.24) is 5.32 Å². The molecule has 0 aliphatic heterocycles. The highest BCUT2D eigenvalue weighted by Gasteiger charge is 2.13. The van der Waals surface area contributed by atoms with Gasteiger partial charge >= 0.3 is 0 Å². The molecule has 1 aromatic rings. The molecule has 0 radical (unpaired) electrons. The van der Waals surface area contributed by atoms with Gasteiger partial charge < -0.3 is 15.4 Å². The number of ether oxygens (including phenoxy) is 1. The Morgan fingerprint density at radius 3 is 2.56 bits per heavy atom. The van der Waals surface area contributed by atoms with E-state index in [0.29, 0.717) is 0 Å². The number of benzene rings is 1. The van der Waals surface area contributed by atoms with Crippen molar-refractivity contribution in [1.29, 1.82) is 0 Å². The fraction of sp³-hybridized carbons (Fsp3) is 0.500. The van der Waals surface area contributed by atoms with Crippen molar-refractivity contribution in [3.05, 3.63) is 29.8 Å². The summed E-state index contributed by atoms with van der Waals surface area (Å²) in [6.45, 7) is 6.56. The second kappa shape index (κ2) is 6.52. The molecule has 4 heteroatoms. The summed E-state index contributed by atoms with van der Waals surface area (Å²) in [5, 5.41) is 5.94. The van der Waals surface area contributed by atoms with Gasteiger partial charge in [-0.25, -0.2) is 0 Å². The minimum absolute atomic E-state index is 0.0669. The van der Waals surface area contributed by atoms with Gasteiger partial charge in [0.1, 0.15) is 6.61 Å².